The largest absolute Gasteiger partial charge is 0.379 e. The summed E-state index contributed by atoms with van der Waals surface area (Å²) in [5.74, 6) is 0. The molecule has 1 aromatic rings. The molecule has 4 heteroatoms. The highest BCUT2D eigenvalue weighted by atomic mass is 79.9. The second kappa shape index (κ2) is 6.46. The number of nitrogens with zero attached hydrogens (tertiary/aromatic N) is 2. The van der Waals surface area contributed by atoms with E-state index in [-0.39, 0.29) is 0 Å². The molecule has 0 aromatic heterocycles. The molecule has 1 unspecified atom stereocenters. The summed E-state index contributed by atoms with van der Waals surface area (Å²) in [7, 11) is 0. The number of aryl methyl sites for hydroxylation is 1. The molecule has 20 heavy (non-hydrogen) atoms. The molecule has 1 aromatic carbocycles. The van der Waals surface area contributed by atoms with Gasteiger partial charge in [0.15, 0.2) is 0 Å². The van der Waals surface area contributed by atoms with Gasteiger partial charge in [0.1, 0.15) is 0 Å². The van der Waals surface area contributed by atoms with Crippen molar-refractivity contribution in [2.45, 2.75) is 24.7 Å². The molecule has 0 radical (unpaired) electrons. The lowest BCUT2D eigenvalue weighted by molar-refractivity contribution is 0.0209. The van der Waals surface area contributed by atoms with Crippen molar-refractivity contribution in [2.75, 3.05) is 44.3 Å². The van der Waals surface area contributed by atoms with E-state index >= 15 is 0 Å². The SMILES string of the molecule is Cc1ccc(N2CCC(N3CCOCC3)C2)c(CBr)c1. The molecule has 3 nitrogen and oxygen atoms in total. The van der Waals surface area contributed by atoms with Crippen molar-refractivity contribution in [3.05, 3.63) is 29.3 Å². The average Bonchev–Trinajstić information content (AvgIpc) is 2.97. The fourth-order valence-corrected chi connectivity index (χ4v) is 3.78. The van der Waals surface area contributed by atoms with Gasteiger partial charge in [0.25, 0.3) is 0 Å². The van der Waals surface area contributed by atoms with E-state index in [1.807, 2.05) is 0 Å². The third-order valence-corrected chi connectivity index (χ3v) is 5.05. The highest BCUT2D eigenvalue weighted by Crippen LogP contribution is 2.29. The number of rotatable bonds is 3. The van der Waals surface area contributed by atoms with E-state index in [4.69, 9.17) is 4.74 Å². The number of alkyl halides is 1. The van der Waals surface area contributed by atoms with E-state index < -0.39 is 0 Å². The van der Waals surface area contributed by atoms with Gasteiger partial charge in [0.2, 0.25) is 0 Å². The molecule has 110 valence electrons. The van der Waals surface area contributed by atoms with Gasteiger partial charge >= 0.3 is 0 Å². The highest BCUT2D eigenvalue weighted by molar-refractivity contribution is 9.08. The second-order valence-electron chi connectivity index (χ2n) is 5.80. The Balaban J connectivity index is 1.70. The molecule has 0 N–H and O–H groups in total. The lowest BCUT2D eigenvalue weighted by atomic mass is 10.1. The molecular weight excluding hydrogens is 316 g/mol. The number of benzene rings is 1. The van der Waals surface area contributed by atoms with Gasteiger partial charge in [-0.1, -0.05) is 33.6 Å². The van der Waals surface area contributed by atoms with Crippen LogP contribution in [0.25, 0.3) is 0 Å². The molecule has 2 aliphatic heterocycles. The minimum Gasteiger partial charge on any atom is -0.379 e. The Morgan fingerprint density at radius 1 is 1.25 bits per heavy atom. The van der Waals surface area contributed by atoms with Crippen LogP contribution in [0.5, 0.6) is 0 Å². The summed E-state index contributed by atoms with van der Waals surface area (Å²) >= 11 is 3.63. The van der Waals surface area contributed by atoms with Crippen LogP contribution in [-0.2, 0) is 10.1 Å². The standard InChI is InChI=1S/C16H23BrN2O/c1-13-2-3-16(14(10-13)11-17)19-5-4-15(12-19)18-6-8-20-9-7-18/h2-3,10,15H,4-9,11-12H2,1H3. The first-order valence-corrected chi connectivity index (χ1v) is 8.62. The Kier molecular flexibility index (Phi) is 4.64. The maximum absolute atomic E-state index is 5.46. The lowest BCUT2D eigenvalue weighted by Gasteiger charge is -2.32. The Morgan fingerprint density at radius 3 is 2.80 bits per heavy atom. The van der Waals surface area contributed by atoms with Crippen LogP contribution in [0.15, 0.2) is 18.2 Å². The molecule has 1 atom stereocenters. The van der Waals surface area contributed by atoms with Crippen molar-refractivity contribution in [3.63, 3.8) is 0 Å². The third-order valence-electron chi connectivity index (χ3n) is 4.45. The number of halogens is 1. The van der Waals surface area contributed by atoms with Crippen LogP contribution in [0.2, 0.25) is 0 Å². The third kappa shape index (κ3) is 3.02. The maximum Gasteiger partial charge on any atom is 0.0594 e. The number of hydrogen-bond donors (Lipinski definition) is 0. The summed E-state index contributed by atoms with van der Waals surface area (Å²) in [6.07, 6.45) is 1.27. The monoisotopic (exact) mass is 338 g/mol. The van der Waals surface area contributed by atoms with Crippen molar-refractivity contribution in [1.29, 1.82) is 0 Å². The van der Waals surface area contributed by atoms with Gasteiger partial charge in [-0.25, -0.2) is 0 Å². The molecule has 2 heterocycles. The highest BCUT2D eigenvalue weighted by Gasteiger charge is 2.29. The quantitative estimate of drug-likeness (QED) is 0.788. The van der Waals surface area contributed by atoms with Crippen molar-refractivity contribution >= 4 is 21.6 Å². The minimum atomic E-state index is 0.698. The Morgan fingerprint density at radius 2 is 2.05 bits per heavy atom. The molecule has 0 spiro atoms. The average molecular weight is 339 g/mol. The molecule has 0 bridgehead atoms. The predicted octanol–water partition coefficient (Wildman–Crippen LogP) is 2.80. The van der Waals surface area contributed by atoms with Gasteiger partial charge in [0.05, 0.1) is 13.2 Å². The van der Waals surface area contributed by atoms with Gasteiger partial charge in [-0.05, 0) is 25.0 Å². The normalized spacial score (nSPS) is 24.3. The number of hydrogen-bond acceptors (Lipinski definition) is 3. The van der Waals surface area contributed by atoms with E-state index in [0.29, 0.717) is 6.04 Å². The van der Waals surface area contributed by atoms with E-state index in [2.05, 4.69) is 50.9 Å². The summed E-state index contributed by atoms with van der Waals surface area (Å²) in [4.78, 5) is 5.15. The summed E-state index contributed by atoms with van der Waals surface area (Å²) in [5, 5.41) is 0.933. The van der Waals surface area contributed by atoms with Crippen LogP contribution >= 0.6 is 15.9 Å². The zero-order valence-electron chi connectivity index (χ0n) is 12.1. The van der Waals surface area contributed by atoms with Crippen molar-refractivity contribution in [1.82, 2.24) is 4.90 Å². The summed E-state index contributed by atoms with van der Waals surface area (Å²) in [5.41, 5.74) is 4.16. The molecule has 3 rings (SSSR count). The van der Waals surface area contributed by atoms with Crippen molar-refractivity contribution in [2.24, 2.45) is 0 Å². The van der Waals surface area contributed by atoms with Crippen LogP contribution in [0.3, 0.4) is 0 Å². The van der Waals surface area contributed by atoms with E-state index in [1.54, 1.807) is 0 Å². The second-order valence-corrected chi connectivity index (χ2v) is 6.36. The Labute approximate surface area is 130 Å². The fourth-order valence-electron chi connectivity index (χ4n) is 3.33. The van der Waals surface area contributed by atoms with E-state index in [1.165, 1.54) is 29.8 Å². The molecule has 2 fully saturated rings. The van der Waals surface area contributed by atoms with Crippen LogP contribution in [-0.4, -0.2) is 50.3 Å². The zero-order valence-corrected chi connectivity index (χ0v) is 13.7. The predicted molar refractivity (Wildman–Crippen MR) is 86.8 cm³/mol. The van der Waals surface area contributed by atoms with Gasteiger partial charge in [-0.3, -0.25) is 4.90 Å². The number of anilines is 1. The van der Waals surface area contributed by atoms with Crippen LogP contribution in [0.1, 0.15) is 17.5 Å². The topological polar surface area (TPSA) is 15.7 Å². The molecule has 2 aliphatic rings. The van der Waals surface area contributed by atoms with Crippen LogP contribution in [0, 0.1) is 6.92 Å². The summed E-state index contributed by atoms with van der Waals surface area (Å²) in [6, 6.07) is 7.51. The molecule has 0 aliphatic carbocycles. The molecular formula is C16H23BrN2O. The van der Waals surface area contributed by atoms with E-state index in [0.717, 1.165) is 38.2 Å². The lowest BCUT2D eigenvalue weighted by Crippen LogP contribution is -2.44. The van der Waals surface area contributed by atoms with Gasteiger partial charge < -0.3 is 9.64 Å². The van der Waals surface area contributed by atoms with Crippen molar-refractivity contribution < 1.29 is 4.74 Å². The zero-order chi connectivity index (χ0) is 13.9. The van der Waals surface area contributed by atoms with Crippen LogP contribution in [0.4, 0.5) is 5.69 Å². The van der Waals surface area contributed by atoms with Gasteiger partial charge in [-0.15, -0.1) is 0 Å². The summed E-state index contributed by atoms with van der Waals surface area (Å²) in [6.45, 7) is 8.47. The van der Waals surface area contributed by atoms with Crippen molar-refractivity contribution in [3.8, 4) is 0 Å². The first-order valence-electron chi connectivity index (χ1n) is 7.50. The smallest absolute Gasteiger partial charge is 0.0594 e. The van der Waals surface area contributed by atoms with Gasteiger partial charge in [-0.2, -0.15) is 0 Å². The first kappa shape index (κ1) is 14.4. The summed E-state index contributed by atoms with van der Waals surface area (Å²) < 4.78 is 5.46. The first-order chi connectivity index (χ1) is 9.78. The molecule has 0 amide bonds. The maximum atomic E-state index is 5.46. The minimum absolute atomic E-state index is 0.698. The van der Waals surface area contributed by atoms with E-state index in [9.17, 15) is 0 Å². The van der Waals surface area contributed by atoms with Crippen LogP contribution < -0.4 is 4.90 Å². The Hall–Kier alpha value is -0.580. The number of morpholine rings is 1. The molecule has 0 saturated carbocycles. The Bertz CT molecular complexity index is 460. The number of ether oxygens (including phenoxy) is 1. The molecule has 2 saturated heterocycles. The fraction of sp³-hybridized carbons (Fsp3) is 0.625. The van der Waals surface area contributed by atoms with Gasteiger partial charge in [0, 0.05) is 43.2 Å².